The second kappa shape index (κ2) is 7.89. The lowest BCUT2D eigenvalue weighted by Gasteiger charge is -2.35. The van der Waals surface area contributed by atoms with Crippen LogP contribution >= 0.6 is 0 Å². The molecule has 0 radical (unpaired) electrons. The molecule has 0 bridgehead atoms. The monoisotopic (exact) mass is 358 g/mol. The molecule has 0 aromatic heterocycles. The minimum Gasteiger partial charge on any atom is -0.466 e. The predicted molar refractivity (Wildman–Crippen MR) is 97.6 cm³/mol. The minimum atomic E-state index is -0.473. The van der Waals surface area contributed by atoms with Crippen LogP contribution < -0.4 is 4.90 Å². The number of amides is 2. The molecule has 2 aliphatic rings. The van der Waals surface area contributed by atoms with Crippen LogP contribution in [0.2, 0.25) is 0 Å². The van der Waals surface area contributed by atoms with Gasteiger partial charge in [-0.25, -0.2) is 0 Å². The number of rotatable bonds is 4. The summed E-state index contributed by atoms with van der Waals surface area (Å²) in [6, 6.07) is 7.24. The smallest absolute Gasteiger partial charge is 0.309 e. The van der Waals surface area contributed by atoms with Crippen molar-refractivity contribution >= 4 is 23.5 Å². The highest BCUT2D eigenvalue weighted by atomic mass is 16.5. The summed E-state index contributed by atoms with van der Waals surface area (Å²) < 4.78 is 5.09. The quantitative estimate of drug-likeness (QED) is 0.774. The van der Waals surface area contributed by atoms with Crippen molar-refractivity contribution in [3.8, 4) is 0 Å². The van der Waals surface area contributed by atoms with Gasteiger partial charge in [-0.2, -0.15) is 0 Å². The molecule has 6 heteroatoms. The first-order chi connectivity index (χ1) is 12.6. The third kappa shape index (κ3) is 3.45. The van der Waals surface area contributed by atoms with Crippen LogP contribution in [-0.4, -0.2) is 48.4 Å². The van der Waals surface area contributed by atoms with Crippen LogP contribution in [0.25, 0.3) is 0 Å². The second-order valence-corrected chi connectivity index (χ2v) is 6.82. The van der Waals surface area contributed by atoms with Crippen LogP contribution in [0.4, 0.5) is 5.69 Å². The van der Waals surface area contributed by atoms with Gasteiger partial charge in [-0.3, -0.25) is 19.3 Å². The molecule has 2 amide bonds. The predicted octanol–water partition coefficient (Wildman–Crippen LogP) is 2.16. The molecule has 26 heavy (non-hydrogen) atoms. The minimum absolute atomic E-state index is 0.0229. The summed E-state index contributed by atoms with van der Waals surface area (Å²) in [5.41, 5.74) is 1.88. The number of anilines is 1. The van der Waals surface area contributed by atoms with E-state index < -0.39 is 6.04 Å². The number of carbonyl (C=O) groups excluding carboxylic acids is 3. The van der Waals surface area contributed by atoms with Crippen LogP contribution in [0.3, 0.4) is 0 Å². The molecular formula is C20H26N2O4. The summed E-state index contributed by atoms with van der Waals surface area (Å²) >= 11 is 0. The molecule has 6 nitrogen and oxygen atoms in total. The van der Waals surface area contributed by atoms with E-state index in [-0.39, 0.29) is 23.7 Å². The highest BCUT2D eigenvalue weighted by Gasteiger charge is 2.40. The Kier molecular flexibility index (Phi) is 5.59. The van der Waals surface area contributed by atoms with Gasteiger partial charge in [-0.1, -0.05) is 25.1 Å². The van der Waals surface area contributed by atoms with Gasteiger partial charge in [-0.15, -0.1) is 0 Å². The standard InChI is InChI=1S/C20H26N2O4/c1-3-18(23)22-16-8-6-5-7-15(16)13-17(22)19(24)21-11-9-14(10-12-21)20(25)26-4-2/h5-8,14,17H,3-4,9-13H2,1-2H3. The van der Waals surface area contributed by atoms with Crippen LogP contribution in [0.15, 0.2) is 24.3 Å². The Morgan fingerprint density at radius 1 is 1.12 bits per heavy atom. The van der Waals surface area contributed by atoms with Gasteiger partial charge in [0.25, 0.3) is 0 Å². The highest BCUT2D eigenvalue weighted by molar-refractivity contribution is 6.03. The van der Waals surface area contributed by atoms with Crippen molar-refractivity contribution in [1.29, 1.82) is 0 Å². The molecular weight excluding hydrogens is 332 g/mol. The number of likely N-dealkylation sites (tertiary alicyclic amines) is 1. The summed E-state index contributed by atoms with van der Waals surface area (Å²) in [4.78, 5) is 40.9. The van der Waals surface area contributed by atoms with Crippen molar-refractivity contribution in [3.63, 3.8) is 0 Å². The fourth-order valence-corrected chi connectivity index (χ4v) is 3.87. The Hall–Kier alpha value is -2.37. The molecule has 1 fully saturated rings. The lowest BCUT2D eigenvalue weighted by molar-refractivity contribution is -0.151. The van der Waals surface area contributed by atoms with Gasteiger partial charge in [0.15, 0.2) is 0 Å². The number of esters is 1. The maximum absolute atomic E-state index is 13.1. The van der Waals surface area contributed by atoms with E-state index in [4.69, 9.17) is 4.74 Å². The van der Waals surface area contributed by atoms with Gasteiger partial charge in [-0.05, 0) is 31.4 Å². The lowest BCUT2D eigenvalue weighted by Crippen LogP contribution is -2.52. The average Bonchev–Trinajstić information content (AvgIpc) is 3.06. The molecule has 0 spiro atoms. The van der Waals surface area contributed by atoms with E-state index in [2.05, 4.69) is 0 Å². The van der Waals surface area contributed by atoms with Crippen LogP contribution in [0.5, 0.6) is 0 Å². The Bertz CT molecular complexity index is 695. The highest BCUT2D eigenvalue weighted by Crippen LogP contribution is 2.34. The van der Waals surface area contributed by atoms with E-state index in [0.29, 0.717) is 45.4 Å². The van der Waals surface area contributed by atoms with Gasteiger partial charge >= 0.3 is 5.97 Å². The maximum atomic E-state index is 13.1. The van der Waals surface area contributed by atoms with Crippen LogP contribution in [0, 0.1) is 5.92 Å². The van der Waals surface area contributed by atoms with Crippen molar-refractivity contribution in [2.24, 2.45) is 5.92 Å². The molecule has 2 heterocycles. The molecule has 3 rings (SSSR count). The number of hydrogen-bond donors (Lipinski definition) is 0. The maximum Gasteiger partial charge on any atom is 0.309 e. The zero-order chi connectivity index (χ0) is 18.7. The molecule has 0 aliphatic carbocycles. The summed E-state index contributed by atoms with van der Waals surface area (Å²) in [5.74, 6) is -0.358. The zero-order valence-corrected chi connectivity index (χ0v) is 15.4. The van der Waals surface area contributed by atoms with E-state index in [1.165, 1.54) is 0 Å². The summed E-state index contributed by atoms with van der Waals surface area (Å²) in [5, 5.41) is 0. The summed E-state index contributed by atoms with van der Waals surface area (Å²) in [7, 11) is 0. The third-order valence-electron chi connectivity index (χ3n) is 5.26. The molecule has 2 aliphatic heterocycles. The largest absolute Gasteiger partial charge is 0.466 e. The van der Waals surface area contributed by atoms with Gasteiger partial charge in [0.1, 0.15) is 6.04 Å². The molecule has 1 unspecified atom stereocenters. The van der Waals surface area contributed by atoms with E-state index in [1.807, 2.05) is 31.2 Å². The van der Waals surface area contributed by atoms with Gasteiger partial charge in [0, 0.05) is 31.6 Å². The van der Waals surface area contributed by atoms with E-state index in [0.717, 1.165) is 11.3 Å². The van der Waals surface area contributed by atoms with Crippen molar-refractivity contribution in [2.45, 2.75) is 45.6 Å². The first-order valence-corrected chi connectivity index (χ1v) is 9.42. The van der Waals surface area contributed by atoms with Gasteiger partial charge in [0.2, 0.25) is 11.8 Å². The Labute approximate surface area is 154 Å². The van der Waals surface area contributed by atoms with Crippen molar-refractivity contribution in [1.82, 2.24) is 4.90 Å². The topological polar surface area (TPSA) is 66.9 Å². The molecule has 0 N–H and O–H groups in total. The van der Waals surface area contributed by atoms with Crippen molar-refractivity contribution in [3.05, 3.63) is 29.8 Å². The molecule has 1 saturated heterocycles. The molecule has 1 aromatic carbocycles. The summed E-state index contributed by atoms with van der Waals surface area (Å²) in [6.45, 7) is 5.06. The Morgan fingerprint density at radius 2 is 1.81 bits per heavy atom. The molecule has 0 saturated carbocycles. The number of carbonyl (C=O) groups is 3. The molecule has 1 atom stereocenters. The number of piperidine rings is 1. The summed E-state index contributed by atoms with van der Waals surface area (Å²) in [6.07, 6.45) is 2.15. The lowest BCUT2D eigenvalue weighted by atomic mass is 9.96. The first-order valence-electron chi connectivity index (χ1n) is 9.42. The number of hydrogen-bond acceptors (Lipinski definition) is 4. The number of nitrogens with zero attached hydrogens (tertiary/aromatic N) is 2. The second-order valence-electron chi connectivity index (χ2n) is 6.82. The fraction of sp³-hybridized carbons (Fsp3) is 0.550. The average molecular weight is 358 g/mol. The Balaban J connectivity index is 1.70. The van der Waals surface area contributed by atoms with E-state index in [9.17, 15) is 14.4 Å². The van der Waals surface area contributed by atoms with Crippen molar-refractivity contribution < 1.29 is 19.1 Å². The normalized spacial score (nSPS) is 20.0. The number of ether oxygens (including phenoxy) is 1. The number of para-hydroxylation sites is 1. The SMILES string of the molecule is CCOC(=O)C1CCN(C(=O)C2Cc3ccccc3N2C(=O)CC)CC1. The fourth-order valence-electron chi connectivity index (χ4n) is 3.87. The van der Waals surface area contributed by atoms with Crippen LogP contribution in [0.1, 0.15) is 38.7 Å². The van der Waals surface area contributed by atoms with E-state index in [1.54, 1.807) is 16.7 Å². The molecule has 140 valence electrons. The van der Waals surface area contributed by atoms with Crippen LogP contribution in [-0.2, 0) is 25.5 Å². The number of benzene rings is 1. The number of fused-ring (bicyclic) bond motifs is 1. The van der Waals surface area contributed by atoms with Gasteiger partial charge in [0.05, 0.1) is 12.5 Å². The van der Waals surface area contributed by atoms with Crippen molar-refractivity contribution in [2.75, 3.05) is 24.6 Å². The first kappa shape index (κ1) is 18.4. The molecule has 1 aromatic rings. The Morgan fingerprint density at radius 3 is 2.46 bits per heavy atom. The zero-order valence-electron chi connectivity index (χ0n) is 15.4. The third-order valence-corrected chi connectivity index (χ3v) is 5.26. The van der Waals surface area contributed by atoms with E-state index >= 15 is 0 Å². The van der Waals surface area contributed by atoms with Gasteiger partial charge < -0.3 is 9.64 Å².